The monoisotopic (exact) mass is 446 g/mol. The quantitative estimate of drug-likeness (QED) is 0.310. The number of ether oxygens (including phenoxy) is 2. The summed E-state index contributed by atoms with van der Waals surface area (Å²) in [6, 6.07) is 1.95. The number of aliphatic hydroxyl groups is 2. The topological polar surface area (TPSA) is 89.1 Å². The van der Waals surface area contributed by atoms with E-state index in [1.165, 1.54) is 0 Å². The van der Waals surface area contributed by atoms with Gasteiger partial charge in [0.2, 0.25) is 0 Å². The van der Waals surface area contributed by atoms with Gasteiger partial charge >= 0.3 is 5.97 Å². The Bertz CT molecular complexity index is 815. The number of hydrogen-bond donors (Lipinski definition) is 2. The summed E-state index contributed by atoms with van der Waals surface area (Å²) in [5, 5.41) is 20.9. The van der Waals surface area contributed by atoms with Gasteiger partial charge in [-0.1, -0.05) is 30.7 Å². The summed E-state index contributed by atoms with van der Waals surface area (Å²) in [6.45, 7) is 7.52. The van der Waals surface area contributed by atoms with E-state index >= 15 is 0 Å². The summed E-state index contributed by atoms with van der Waals surface area (Å²) in [5.74, 6) is -0.0797. The van der Waals surface area contributed by atoms with Crippen molar-refractivity contribution < 1.29 is 28.9 Å². The molecule has 1 aromatic heterocycles. The molecule has 0 fully saturated rings. The zero-order valence-corrected chi connectivity index (χ0v) is 20.0. The van der Waals surface area contributed by atoms with Crippen LogP contribution in [0.25, 0.3) is 0 Å². The van der Waals surface area contributed by atoms with Gasteiger partial charge in [0.1, 0.15) is 11.9 Å². The number of allylic oxidation sites excluding steroid dienone is 2. The maximum Gasteiger partial charge on any atom is 0.338 e. The lowest BCUT2D eigenvalue weighted by Crippen LogP contribution is -2.39. The van der Waals surface area contributed by atoms with Crippen molar-refractivity contribution >= 4 is 5.97 Å². The van der Waals surface area contributed by atoms with Gasteiger partial charge in [0, 0.05) is 13.5 Å². The van der Waals surface area contributed by atoms with E-state index in [4.69, 9.17) is 13.9 Å². The molecule has 0 aliphatic carbocycles. The normalized spacial score (nSPS) is 21.1. The Hall–Kier alpha value is -2.31. The van der Waals surface area contributed by atoms with Crippen molar-refractivity contribution in [3.63, 3.8) is 0 Å². The van der Waals surface area contributed by atoms with Gasteiger partial charge < -0.3 is 24.1 Å². The number of furan rings is 1. The fraction of sp³-hybridized carbons (Fsp3) is 0.577. The highest BCUT2D eigenvalue weighted by atomic mass is 16.6. The molecule has 1 aromatic rings. The number of hydrogen-bond acceptors (Lipinski definition) is 6. The molecule has 0 amide bonds. The molecular formula is C26H38O6. The number of aliphatic hydroxyl groups excluding tert-OH is 1. The molecule has 2 unspecified atom stereocenters. The van der Waals surface area contributed by atoms with E-state index in [-0.39, 0.29) is 11.9 Å². The molecule has 0 saturated heterocycles. The van der Waals surface area contributed by atoms with E-state index in [9.17, 15) is 15.0 Å². The van der Waals surface area contributed by atoms with Crippen molar-refractivity contribution in [2.75, 3.05) is 7.11 Å². The van der Waals surface area contributed by atoms with Gasteiger partial charge in [0.25, 0.3) is 0 Å². The SMILES string of the molecule is COC(/C=C/[C@@H](C)CC/C=C(/C)C[C@@H]1OC(=O)C(C)=C1O)C(C)(O)CCCc1ccoc1. The third-order valence-corrected chi connectivity index (χ3v) is 6.08. The van der Waals surface area contributed by atoms with Crippen molar-refractivity contribution in [1.29, 1.82) is 0 Å². The number of carbonyl (C=O) groups excluding carboxylic acids is 1. The number of carbonyl (C=O) groups is 1. The molecule has 0 spiro atoms. The molecule has 0 bridgehead atoms. The van der Waals surface area contributed by atoms with Crippen LogP contribution in [0.1, 0.15) is 65.4 Å². The van der Waals surface area contributed by atoms with Crippen LogP contribution in [0.3, 0.4) is 0 Å². The van der Waals surface area contributed by atoms with Crippen molar-refractivity contribution in [1.82, 2.24) is 0 Å². The van der Waals surface area contributed by atoms with Crippen molar-refractivity contribution in [3.8, 4) is 0 Å². The summed E-state index contributed by atoms with van der Waals surface area (Å²) in [4.78, 5) is 11.5. The molecule has 2 N–H and O–H groups in total. The summed E-state index contributed by atoms with van der Waals surface area (Å²) in [5.41, 5.74) is 1.56. The zero-order valence-electron chi connectivity index (χ0n) is 20.0. The van der Waals surface area contributed by atoms with Crippen LogP contribution in [0.5, 0.6) is 0 Å². The molecule has 6 nitrogen and oxygen atoms in total. The van der Waals surface area contributed by atoms with Crippen LogP contribution in [0.4, 0.5) is 0 Å². The van der Waals surface area contributed by atoms with Crippen LogP contribution < -0.4 is 0 Å². The minimum absolute atomic E-state index is 0.0430. The van der Waals surface area contributed by atoms with Gasteiger partial charge in [0.05, 0.1) is 23.7 Å². The molecule has 2 rings (SSSR count). The Labute approximate surface area is 191 Å². The first-order chi connectivity index (χ1) is 15.1. The van der Waals surface area contributed by atoms with Crippen LogP contribution in [0.15, 0.2) is 58.1 Å². The first-order valence-electron chi connectivity index (χ1n) is 11.3. The highest BCUT2D eigenvalue weighted by Crippen LogP contribution is 2.26. The van der Waals surface area contributed by atoms with E-state index in [2.05, 4.69) is 19.1 Å². The maximum atomic E-state index is 11.5. The lowest BCUT2D eigenvalue weighted by molar-refractivity contribution is -0.140. The summed E-state index contributed by atoms with van der Waals surface area (Å²) in [6.07, 6.45) is 13.3. The van der Waals surface area contributed by atoms with Crippen LogP contribution >= 0.6 is 0 Å². The second-order valence-electron chi connectivity index (χ2n) is 9.10. The predicted octanol–water partition coefficient (Wildman–Crippen LogP) is 5.43. The smallest absolute Gasteiger partial charge is 0.338 e. The zero-order chi connectivity index (χ0) is 23.7. The van der Waals surface area contributed by atoms with E-state index in [0.29, 0.717) is 24.3 Å². The molecule has 2 heterocycles. The highest BCUT2D eigenvalue weighted by Gasteiger charge is 2.31. The Balaban J connectivity index is 1.77. The Morgan fingerprint density at radius 2 is 2.12 bits per heavy atom. The fourth-order valence-corrected chi connectivity index (χ4v) is 3.88. The molecule has 1 aliphatic rings. The van der Waals surface area contributed by atoms with E-state index in [0.717, 1.165) is 36.8 Å². The molecule has 6 heteroatoms. The first kappa shape index (κ1) is 25.9. The van der Waals surface area contributed by atoms with Crippen LogP contribution in [-0.4, -0.2) is 41.1 Å². The largest absolute Gasteiger partial charge is 0.508 e. The summed E-state index contributed by atoms with van der Waals surface area (Å²) < 4.78 is 15.8. The van der Waals surface area contributed by atoms with Gasteiger partial charge in [-0.2, -0.15) is 0 Å². The number of cyclic esters (lactones) is 1. The minimum atomic E-state index is -0.947. The second-order valence-corrected chi connectivity index (χ2v) is 9.10. The number of methoxy groups -OCH3 is 1. The van der Waals surface area contributed by atoms with Crippen molar-refractivity contribution in [2.24, 2.45) is 5.92 Å². The lowest BCUT2D eigenvalue weighted by atomic mass is 9.90. The molecule has 0 radical (unpaired) electrons. The maximum absolute atomic E-state index is 11.5. The molecule has 0 saturated carbocycles. The third-order valence-electron chi connectivity index (χ3n) is 6.08. The Morgan fingerprint density at radius 3 is 2.72 bits per heavy atom. The summed E-state index contributed by atoms with van der Waals surface area (Å²) in [7, 11) is 1.62. The van der Waals surface area contributed by atoms with Gasteiger partial charge in [0.15, 0.2) is 6.10 Å². The van der Waals surface area contributed by atoms with Gasteiger partial charge in [-0.05, 0) is 70.4 Å². The predicted molar refractivity (Wildman–Crippen MR) is 124 cm³/mol. The second kappa shape index (κ2) is 12.1. The van der Waals surface area contributed by atoms with E-state index in [1.54, 1.807) is 26.6 Å². The van der Waals surface area contributed by atoms with Crippen molar-refractivity contribution in [2.45, 2.75) is 84.0 Å². The average molecular weight is 447 g/mol. The molecular weight excluding hydrogens is 408 g/mol. The molecule has 0 aromatic carbocycles. The fourth-order valence-electron chi connectivity index (χ4n) is 3.88. The average Bonchev–Trinajstić information content (AvgIpc) is 3.33. The van der Waals surface area contributed by atoms with E-state index < -0.39 is 17.7 Å². The minimum Gasteiger partial charge on any atom is -0.508 e. The molecule has 32 heavy (non-hydrogen) atoms. The Kier molecular flexibility index (Phi) is 9.79. The van der Waals surface area contributed by atoms with Gasteiger partial charge in [-0.15, -0.1) is 0 Å². The standard InChI is InChI=1S/C26H38O6/c1-18(8-6-9-19(2)16-22-24(27)20(3)25(28)32-22)11-12-23(30-5)26(4,29)14-7-10-21-13-15-31-17-21/h9,11-13,15,17-18,22-23,27,29H,6-8,10,14,16H2,1-5H3/b12-11+,19-9-/t18-,22-,23?,26?/m0/s1. The lowest BCUT2D eigenvalue weighted by Gasteiger charge is -2.30. The number of rotatable bonds is 13. The first-order valence-corrected chi connectivity index (χ1v) is 11.3. The summed E-state index contributed by atoms with van der Waals surface area (Å²) >= 11 is 0. The van der Waals surface area contributed by atoms with Gasteiger partial charge in [-0.3, -0.25) is 0 Å². The number of aryl methyl sites for hydroxylation is 1. The molecule has 178 valence electrons. The highest BCUT2D eigenvalue weighted by molar-refractivity contribution is 5.91. The number of esters is 1. The molecule has 4 atom stereocenters. The van der Waals surface area contributed by atoms with Crippen LogP contribution in [0, 0.1) is 5.92 Å². The van der Waals surface area contributed by atoms with Gasteiger partial charge in [-0.25, -0.2) is 4.79 Å². The molecule has 1 aliphatic heterocycles. The van der Waals surface area contributed by atoms with Crippen LogP contribution in [0.2, 0.25) is 0 Å². The van der Waals surface area contributed by atoms with Crippen LogP contribution in [-0.2, 0) is 20.7 Å². The van der Waals surface area contributed by atoms with E-state index in [1.807, 2.05) is 26.0 Å². The van der Waals surface area contributed by atoms with Crippen molar-refractivity contribution in [3.05, 3.63) is 59.3 Å². The Morgan fingerprint density at radius 1 is 1.38 bits per heavy atom. The third kappa shape index (κ3) is 7.68.